The second-order valence-corrected chi connectivity index (χ2v) is 12.5. The first kappa shape index (κ1) is 27.2. The minimum absolute atomic E-state index is 0.287. The van der Waals surface area contributed by atoms with Gasteiger partial charge in [0.1, 0.15) is 23.4 Å². The highest BCUT2D eigenvalue weighted by Crippen LogP contribution is 2.45. The number of piperidine rings is 1. The normalized spacial score (nSPS) is 23.0. The van der Waals surface area contributed by atoms with Crippen LogP contribution in [0.15, 0.2) is 81.8 Å². The molecule has 4 atom stereocenters. The molecule has 4 aromatic rings. The third-order valence-electron chi connectivity index (χ3n) is 7.63. The van der Waals surface area contributed by atoms with Crippen molar-refractivity contribution in [3.63, 3.8) is 0 Å². The average Bonchev–Trinajstić information content (AvgIpc) is 3.53. The Kier molecular flexibility index (Phi) is 7.59. The van der Waals surface area contributed by atoms with Crippen LogP contribution < -0.4 is 15.1 Å². The summed E-state index contributed by atoms with van der Waals surface area (Å²) in [6.45, 7) is 6.55. The number of halogens is 3. The predicted octanol–water partition coefficient (Wildman–Crippen LogP) is 8.56. The number of furan rings is 1. The Morgan fingerprint density at radius 2 is 1.85 bits per heavy atom. The molecule has 2 aliphatic rings. The number of nitrogens with zero attached hydrogens (tertiary/aromatic N) is 3. The second-order valence-electron chi connectivity index (χ2n) is 10.8. The van der Waals surface area contributed by atoms with Gasteiger partial charge < -0.3 is 19.5 Å². The molecule has 4 heterocycles. The van der Waals surface area contributed by atoms with Crippen LogP contribution in [0.1, 0.15) is 43.8 Å². The molecule has 0 radical (unpaired) electrons. The Morgan fingerprint density at radius 3 is 2.55 bits per heavy atom. The molecule has 40 heavy (non-hydrogen) atoms. The van der Waals surface area contributed by atoms with Gasteiger partial charge in [0.05, 0.1) is 28.0 Å². The van der Waals surface area contributed by atoms with Crippen LogP contribution in [0.5, 0.6) is 0 Å². The minimum atomic E-state index is -0.369. The van der Waals surface area contributed by atoms with Gasteiger partial charge in [-0.1, -0.05) is 47.4 Å². The largest absolute Gasteiger partial charge is 0.459 e. The van der Waals surface area contributed by atoms with Gasteiger partial charge in [0.15, 0.2) is 5.11 Å². The van der Waals surface area contributed by atoms with Crippen molar-refractivity contribution >= 4 is 56.2 Å². The molecule has 0 unspecified atom stereocenters. The van der Waals surface area contributed by atoms with Crippen molar-refractivity contribution in [1.82, 2.24) is 10.3 Å². The highest BCUT2D eigenvalue weighted by atomic mass is 79.9. The van der Waals surface area contributed by atoms with Gasteiger partial charge in [0.25, 0.3) is 0 Å². The molecular formula is C31H29BrClFN4OS. The van der Waals surface area contributed by atoms with E-state index in [2.05, 4.69) is 57.1 Å². The molecule has 2 fully saturated rings. The summed E-state index contributed by atoms with van der Waals surface area (Å²) in [6, 6.07) is 19.9. The van der Waals surface area contributed by atoms with E-state index in [1.54, 1.807) is 24.4 Å². The number of pyridine rings is 1. The third-order valence-corrected chi connectivity index (χ3v) is 8.74. The number of hydrogen-bond donors (Lipinski definition) is 1. The van der Waals surface area contributed by atoms with Crippen molar-refractivity contribution in [1.29, 1.82) is 0 Å². The van der Waals surface area contributed by atoms with Crippen LogP contribution in [-0.2, 0) is 0 Å². The molecule has 9 heteroatoms. The monoisotopic (exact) mass is 638 g/mol. The number of rotatable bonds is 5. The zero-order valence-electron chi connectivity index (χ0n) is 22.2. The van der Waals surface area contributed by atoms with E-state index in [9.17, 15) is 4.39 Å². The van der Waals surface area contributed by atoms with E-state index in [1.165, 1.54) is 12.5 Å². The van der Waals surface area contributed by atoms with Gasteiger partial charge in [-0.05, 0) is 91.1 Å². The lowest BCUT2D eigenvalue weighted by Gasteiger charge is -2.37. The van der Waals surface area contributed by atoms with Crippen LogP contribution in [0, 0.1) is 17.7 Å². The van der Waals surface area contributed by atoms with Crippen LogP contribution in [0.2, 0.25) is 5.02 Å². The average molecular weight is 640 g/mol. The first-order chi connectivity index (χ1) is 19.3. The third kappa shape index (κ3) is 5.24. The smallest absolute Gasteiger partial charge is 0.174 e. The summed E-state index contributed by atoms with van der Waals surface area (Å²) in [5.41, 5.74) is 3.09. The lowest BCUT2D eigenvalue weighted by atomic mass is 9.91. The Morgan fingerprint density at radius 1 is 1.05 bits per heavy atom. The van der Waals surface area contributed by atoms with E-state index in [1.807, 2.05) is 35.2 Å². The number of nitrogens with one attached hydrogen (secondary N) is 1. The number of thiocarbonyl (C=S) groups is 1. The van der Waals surface area contributed by atoms with Crippen molar-refractivity contribution in [2.24, 2.45) is 11.8 Å². The van der Waals surface area contributed by atoms with Crippen molar-refractivity contribution in [2.75, 3.05) is 22.9 Å². The van der Waals surface area contributed by atoms with Crippen LogP contribution >= 0.6 is 39.7 Å². The molecule has 0 aliphatic carbocycles. The van der Waals surface area contributed by atoms with Gasteiger partial charge in [0.2, 0.25) is 0 Å². The van der Waals surface area contributed by atoms with Crippen molar-refractivity contribution in [3.05, 3.63) is 99.7 Å². The topological polar surface area (TPSA) is 44.5 Å². The van der Waals surface area contributed by atoms with Crippen molar-refractivity contribution in [3.8, 4) is 11.3 Å². The van der Waals surface area contributed by atoms with Crippen LogP contribution in [-0.4, -0.2) is 23.2 Å². The number of anilines is 2. The first-order valence-corrected chi connectivity index (χ1v) is 15.0. The van der Waals surface area contributed by atoms with Gasteiger partial charge in [-0.25, -0.2) is 4.39 Å². The molecule has 0 saturated carbocycles. The number of hydrogen-bond acceptors (Lipinski definition) is 4. The molecule has 2 aliphatic heterocycles. The molecule has 2 saturated heterocycles. The van der Waals surface area contributed by atoms with Crippen LogP contribution in [0.25, 0.3) is 11.3 Å². The maximum Gasteiger partial charge on any atom is 0.174 e. The zero-order valence-corrected chi connectivity index (χ0v) is 25.3. The van der Waals surface area contributed by atoms with Gasteiger partial charge in [-0.3, -0.25) is 4.98 Å². The molecule has 0 bridgehead atoms. The lowest BCUT2D eigenvalue weighted by Crippen LogP contribution is -2.38. The SMILES string of the molecule is C[C@@H]1C[C@H](C)CN(c2ccc(N3C(=S)N[C@@H](c4ccccn4)[C@@H]3c3ccc(-c4ccc(Br)cc4F)o3)cc2Cl)C1. The van der Waals surface area contributed by atoms with Crippen LogP contribution in [0.3, 0.4) is 0 Å². The van der Waals surface area contributed by atoms with E-state index in [0.29, 0.717) is 43.5 Å². The van der Waals surface area contributed by atoms with E-state index >= 15 is 0 Å². The van der Waals surface area contributed by atoms with E-state index < -0.39 is 0 Å². The molecular weight excluding hydrogens is 611 g/mol. The van der Waals surface area contributed by atoms with E-state index in [4.69, 9.17) is 28.2 Å². The summed E-state index contributed by atoms with van der Waals surface area (Å²) in [5, 5.41) is 4.66. The fraction of sp³-hybridized carbons (Fsp3) is 0.290. The molecule has 2 aromatic heterocycles. The predicted molar refractivity (Wildman–Crippen MR) is 166 cm³/mol. The Hall–Kier alpha value is -2.94. The maximum absolute atomic E-state index is 14.8. The van der Waals surface area contributed by atoms with Gasteiger partial charge in [-0.2, -0.15) is 0 Å². The fourth-order valence-corrected chi connectivity index (χ4v) is 7.00. The molecule has 2 aromatic carbocycles. The summed E-state index contributed by atoms with van der Waals surface area (Å²) in [7, 11) is 0. The number of benzene rings is 2. The first-order valence-electron chi connectivity index (χ1n) is 13.4. The van der Waals surface area contributed by atoms with Crippen LogP contribution in [0.4, 0.5) is 15.8 Å². The molecule has 0 spiro atoms. The van der Waals surface area contributed by atoms with E-state index in [-0.39, 0.29) is 17.9 Å². The zero-order chi connectivity index (χ0) is 28.0. The summed E-state index contributed by atoms with van der Waals surface area (Å²) in [5.74, 6) is 1.94. The van der Waals surface area contributed by atoms with Gasteiger partial charge in [0, 0.05) is 29.4 Å². The minimum Gasteiger partial charge on any atom is -0.459 e. The highest BCUT2D eigenvalue weighted by molar-refractivity contribution is 9.10. The second kappa shape index (κ2) is 11.1. The van der Waals surface area contributed by atoms with E-state index in [0.717, 1.165) is 30.2 Å². The fourth-order valence-electron chi connectivity index (χ4n) is 6.03. The molecule has 206 valence electrons. The van der Waals surface area contributed by atoms with Crippen molar-refractivity contribution in [2.45, 2.75) is 32.4 Å². The molecule has 1 N–H and O–H groups in total. The summed E-state index contributed by atoms with van der Waals surface area (Å²) >= 11 is 16.1. The standard InChI is InChI=1S/C31H29BrClFN4OS/c1-18-13-19(2)17-37(16-18)26-9-7-21(15-23(26)33)38-30(29(36-31(38)40)25-5-3-4-12-35-25)28-11-10-27(39-28)22-8-6-20(32)14-24(22)34/h3-12,14-15,18-19,29-30H,13,16-17H2,1-2H3,(H,36,40)/t18-,19+,29-,30-/m0/s1. The summed E-state index contributed by atoms with van der Waals surface area (Å²) < 4.78 is 21.8. The lowest BCUT2D eigenvalue weighted by molar-refractivity contribution is 0.357. The summed E-state index contributed by atoms with van der Waals surface area (Å²) in [4.78, 5) is 9.01. The Balaban J connectivity index is 1.39. The number of aromatic nitrogens is 1. The maximum atomic E-state index is 14.8. The quantitative estimate of drug-likeness (QED) is 0.221. The molecule has 0 amide bonds. The molecule has 5 nitrogen and oxygen atoms in total. The Bertz CT molecular complexity index is 1540. The summed E-state index contributed by atoms with van der Waals surface area (Å²) in [6.07, 6.45) is 2.99. The van der Waals surface area contributed by atoms with Crippen molar-refractivity contribution < 1.29 is 8.81 Å². The van der Waals surface area contributed by atoms with Gasteiger partial charge >= 0.3 is 0 Å². The van der Waals surface area contributed by atoms with Gasteiger partial charge in [-0.15, -0.1) is 0 Å². The Labute approximate surface area is 252 Å². The highest BCUT2D eigenvalue weighted by Gasteiger charge is 2.43. The molecule has 6 rings (SSSR count).